The number of aryl methyl sites for hydroxylation is 1. The van der Waals surface area contributed by atoms with E-state index in [1.807, 2.05) is 27.1 Å². The fourth-order valence-corrected chi connectivity index (χ4v) is 9.38. The Labute approximate surface area is 405 Å². The summed E-state index contributed by atoms with van der Waals surface area (Å²) in [4.78, 5) is 56.1. The number of benzene rings is 3. The summed E-state index contributed by atoms with van der Waals surface area (Å²) < 4.78 is 47.5. The van der Waals surface area contributed by atoms with E-state index in [-0.39, 0.29) is 59.3 Å². The minimum absolute atomic E-state index is 0.0254. The quantitative estimate of drug-likeness (QED) is 0.0224. The maximum absolute atomic E-state index is 15.4. The predicted octanol–water partition coefficient (Wildman–Crippen LogP) is 5.30. The smallest absolute Gasteiger partial charge is 0.329 e. The molecule has 0 aliphatic carbocycles. The number of nitrogens with zero attached hydrogens (tertiary/aromatic N) is 8. The summed E-state index contributed by atoms with van der Waals surface area (Å²) in [5.74, 6) is -5.03. The number of fused-ring (bicyclic) bond motifs is 1. The molecule has 3 aromatic carbocycles. The van der Waals surface area contributed by atoms with Gasteiger partial charge in [-0.2, -0.15) is 10.4 Å². The number of imide groups is 1. The van der Waals surface area contributed by atoms with E-state index in [4.69, 9.17) is 9.47 Å². The first-order valence-corrected chi connectivity index (χ1v) is 23.4. The Hall–Kier alpha value is -6.94. The van der Waals surface area contributed by atoms with E-state index in [0.717, 1.165) is 44.7 Å². The zero-order chi connectivity index (χ0) is 50.5. The second kappa shape index (κ2) is 21.4. The molecule has 0 radical (unpaired) electrons. The van der Waals surface area contributed by atoms with Gasteiger partial charge < -0.3 is 49.7 Å². The third kappa shape index (κ3) is 10.8. The fourth-order valence-electron chi connectivity index (χ4n) is 8.83. The number of halogens is 2. The Bertz CT molecular complexity index is 2700. The lowest BCUT2D eigenvalue weighted by Crippen LogP contribution is -2.51. The van der Waals surface area contributed by atoms with E-state index in [1.165, 1.54) is 36.1 Å². The number of likely N-dealkylation sites (tertiary alicyclic amines) is 1. The Morgan fingerprint density at radius 2 is 1.79 bits per heavy atom. The Morgan fingerprint density at radius 1 is 1.06 bits per heavy atom. The summed E-state index contributed by atoms with van der Waals surface area (Å²) in [6, 6.07) is 6.73. The molecule has 4 aliphatic heterocycles. The van der Waals surface area contributed by atoms with Crippen molar-refractivity contribution in [2.75, 3.05) is 67.4 Å². The molecule has 70 heavy (non-hydrogen) atoms. The number of phenolic OH excluding ortho intramolecular Hbond substituents is 3. The van der Waals surface area contributed by atoms with Crippen LogP contribution in [0.1, 0.15) is 69.4 Å². The number of nitrogens with one attached hydrogen (secondary N) is 3. The molecule has 5 heterocycles. The number of nitriles is 1. The number of aromatic nitrogens is 2. The van der Waals surface area contributed by atoms with Crippen molar-refractivity contribution >= 4 is 76.5 Å². The van der Waals surface area contributed by atoms with Gasteiger partial charge in [-0.05, 0) is 76.8 Å². The van der Waals surface area contributed by atoms with E-state index < -0.39 is 52.0 Å². The molecule has 0 atom stereocenters. The molecule has 1 aromatic heterocycles. The topological polar surface area (TPSA) is 271 Å². The normalized spacial score (nSPS) is 17.7. The molecule has 21 nitrogen and oxygen atoms in total. The molecule has 8 rings (SSSR count). The van der Waals surface area contributed by atoms with E-state index in [9.17, 15) is 49.3 Å². The highest BCUT2D eigenvalue weighted by Crippen LogP contribution is 2.53. The van der Waals surface area contributed by atoms with Gasteiger partial charge in [0, 0.05) is 82.4 Å². The molecule has 374 valence electrons. The number of hydrogen-bond acceptors (Lipinski definition) is 17. The van der Waals surface area contributed by atoms with Crippen molar-refractivity contribution in [3.63, 3.8) is 0 Å². The molecule has 24 heteroatoms. The van der Waals surface area contributed by atoms with Gasteiger partial charge in [0.25, 0.3) is 0 Å². The van der Waals surface area contributed by atoms with Crippen LogP contribution >= 0.6 is 12.1 Å². The monoisotopic (exact) mass is 991 g/mol. The minimum Gasteiger partial charge on any atom is -0.504 e. The second-order valence-corrected chi connectivity index (χ2v) is 18.5. The van der Waals surface area contributed by atoms with Crippen LogP contribution in [0.5, 0.6) is 28.7 Å². The lowest BCUT2D eigenvalue weighted by Gasteiger charge is -2.42. The van der Waals surface area contributed by atoms with E-state index in [0.29, 0.717) is 74.4 Å². The largest absolute Gasteiger partial charge is 0.504 e. The Balaban J connectivity index is 0.000000213. The number of carbonyl (C=O) groups is 4. The number of anilines is 3. The lowest BCUT2D eigenvalue weighted by atomic mass is 9.85. The number of carbonyl (C=O) groups excluding carboxylic acids is 4. The number of urea groups is 1. The molecule has 4 aromatic rings. The standard InChI is InChI=1S/C27H35FN6O5.C19H20FN5O5S/c1-31-20-16-21(19(28)15-18(20)24(30-31)34-9-3-22(35)29-25(34)37)32-10-5-26(38,6-11-32)17-23(36)33-12-7-27(8-13-33)4-2-14-39-27;1-4-25(3)31-24-13-6-5-12(20)18(11(13)7-21)30-19-15(27)10(2)14(16(28)17(19)29)23-8-22-9-26/h15-16,38H,2-14,17H2,1H3,(H,29,35,37);5-6,8-9,24,27-29H,4H2,1-3H3,(H,22,23,26). The van der Waals surface area contributed by atoms with Gasteiger partial charge in [-0.1, -0.05) is 6.92 Å². The maximum Gasteiger partial charge on any atom is 0.329 e. The summed E-state index contributed by atoms with van der Waals surface area (Å²) in [5, 5.41) is 61.1. The molecule has 4 aliphatic rings. The molecule has 4 saturated heterocycles. The van der Waals surface area contributed by atoms with E-state index in [2.05, 4.69) is 25.4 Å². The van der Waals surface area contributed by atoms with Crippen molar-refractivity contribution in [2.45, 2.75) is 76.4 Å². The summed E-state index contributed by atoms with van der Waals surface area (Å²) in [6.45, 7) is 7.08. The summed E-state index contributed by atoms with van der Waals surface area (Å²) in [7, 11) is 3.53. The summed E-state index contributed by atoms with van der Waals surface area (Å²) in [5.41, 5.74) is -0.382. The number of aromatic hydroxyl groups is 3. The zero-order valence-electron chi connectivity index (χ0n) is 39.1. The molecule has 1 spiro atoms. The van der Waals surface area contributed by atoms with Gasteiger partial charge in [-0.25, -0.2) is 22.9 Å². The number of aliphatic hydroxyl groups is 1. The average Bonchev–Trinajstić information content (AvgIpc) is 3.93. The molecular formula is C46H55F2N11O10S. The average molecular weight is 992 g/mol. The van der Waals surface area contributed by atoms with Crippen molar-refractivity contribution in [3.8, 4) is 34.8 Å². The predicted molar refractivity (Wildman–Crippen MR) is 255 cm³/mol. The lowest BCUT2D eigenvalue weighted by molar-refractivity contribution is -0.142. The first-order chi connectivity index (χ1) is 33.4. The number of rotatable bonds is 13. The number of aliphatic imine (C=N–C) groups is 1. The number of hydrogen-bond donors (Lipinski definition) is 7. The van der Waals surface area contributed by atoms with Crippen molar-refractivity contribution in [2.24, 2.45) is 12.0 Å². The van der Waals surface area contributed by atoms with Gasteiger partial charge >= 0.3 is 6.03 Å². The highest BCUT2D eigenvalue weighted by atomic mass is 32.2. The number of piperidine rings is 2. The van der Waals surface area contributed by atoms with Crippen LogP contribution in [0.2, 0.25) is 0 Å². The van der Waals surface area contributed by atoms with Gasteiger partial charge in [-0.3, -0.25) is 29.3 Å². The fraction of sp³-hybridized carbons (Fsp3) is 0.457. The number of amides is 5. The highest BCUT2D eigenvalue weighted by molar-refractivity contribution is 7.98. The summed E-state index contributed by atoms with van der Waals surface area (Å²) >= 11 is 1.17. The van der Waals surface area contributed by atoms with Gasteiger partial charge in [0.2, 0.25) is 29.7 Å². The van der Waals surface area contributed by atoms with Crippen LogP contribution in [-0.4, -0.2) is 134 Å². The zero-order valence-corrected chi connectivity index (χ0v) is 39.9. The third-order valence-corrected chi connectivity index (χ3v) is 13.9. The Kier molecular flexibility index (Phi) is 15.5. The minimum atomic E-state index is -1.12. The first kappa shape index (κ1) is 50.9. The van der Waals surface area contributed by atoms with E-state index in [1.54, 1.807) is 24.8 Å². The van der Waals surface area contributed by atoms with E-state index >= 15 is 4.39 Å². The molecular weight excluding hydrogens is 937 g/mol. The molecule has 0 unspecified atom stereocenters. The number of phenols is 3. The van der Waals surface area contributed by atoms with Crippen molar-refractivity contribution < 1.29 is 57.9 Å². The van der Waals surface area contributed by atoms with Crippen LogP contribution < -0.4 is 29.9 Å². The maximum atomic E-state index is 15.4. The molecule has 0 bridgehead atoms. The van der Waals surface area contributed by atoms with Gasteiger partial charge in [0.15, 0.2) is 28.9 Å². The van der Waals surface area contributed by atoms with Gasteiger partial charge in [-0.15, -0.1) is 0 Å². The van der Waals surface area contributed by atoms with Crippen LogP contribution in [0, 0.1) is 29.9 Å². The highest BCUT2D eigenvalue weighted by Gasteiger charge is 2.42. The summed E-state index contributed by atoms with van der Waals surface area (Å²) in [6.07, 6.45) is 6.04. The van der Waals surface area contributed by atoms with Gasteiger partial charge in [0.1, 0.15) is 23.1 Å². The van der Waals surface area contributed by atoms with Crippen LogP contribution in [0.25, 0.3) is 10.9 Å². The molecule has 5 amide bonds. The van der Waals surface area contributed by atoms with Crippen molar-refractivity contribution in [1.29, 1.82) is 5.26 Å². The van der Waals surface area contributed by atoms with Crippen molar-refractivity contribution in [3.05, 3.63) is 47.0 Å². The Morgan fingerprint density at radius 3 is 2.43 bits per heavy atom. The van der Waals surface area contributed by atoms with Crippen LogP contribution in [0.15, 0.2) is 29.3 Å². The third-order valence-electron chi connectivity index (χ3n) is 13.0. The van der Waals surface area contributed by atoms with Crippen LogP contribution in [-0.2, 0) is 26.2 Å². The second-order valence-electron chi connectivity index (χ2n) is 17.5. The molecule has 4 fully saturated rings. The van der Waals surface area contributed by atoms with Gasteiger partial charge in [0.05, 0.1) is 40.9 Å². The molecule has 7 N–H and O–H groups in total. The van der Waals surface area contributed by atoms with Crippen LogP contribution in [0.3, 0.4) is 0 Å². The number of ether oxygens (including phenoxy) is 2. The molecule has 0 saturated carbocycles. The van der Waals surface area contributed by atoms with Crippen LogP contribution in [0.4, 0.5) is 36.5 Å². The first-order valence-electron chi connectivity index (χ1n) is 22.6. The SMILES string of the molecule is CCN(C)SNc1ccc(F)c(Oc2c(O)c(C)c(N=CNC=O)c(O)c2O)c1C#N.Cn1nc(N2CCC(=O)NC2=O)c2cc(F)c(N3CCC(O)(CC(=O)N4CCC5(CCCO5)CC4)CC3)cc21. The van der Waals surface area contributed by atoms with Crippen molar-refractivity contribution in [1.82, 2.24) is 29.6 Å².